The van der Waals surface area contributed by atoms with Gasteiger partial charge < -0.3 is 34.3 Å². The topological polar surface area (TPSA) is 113 Å². The normalized spacial score (nSPS) is 11.3. The van der Waals surface area contributed by atoms with Crippen LogP contribution in [0.25, 0.3) is 10.9 Å². The fourth-order valence-electron chi connectivity index (χ4n) is 3.95. The van der Waals surface area contributed by atoms with Gasteiger partial charge in [0.2, 0.25) is 5.88 Å². The fourth-order valence-corrected chi connectivity index (χ4v) is 3.95. The van der Waals surface area contributed by atoms with Crippen molar-refractivity contribution in [1.29, 1.82) is 0 Å². The molecule has 0 aliphatic carbocycles. The second-order valence-electron chi connectivity index (χ2n) is 9.28. The second kappa shape index (κ2) is 15.2. The minimum atomic E-state index is -4.90. The summed E-state index contributed by atoms with van der Waals surface area (Å²) in [6.07, 6.45) is -2.19. The molecule has 0 saturated heterocycles. The summed E-state index contributed by atoms with van der Waals surface area (Å²) in [5.41, 5.74) is -0.824. The van der Waals surface area contributed by atoms with Crippen LogP contribution in [-0.2, 0) is 15.7 Å². The Morgan fingerprint density at radius 3 is 2.05 bits per heavy atom. The molecule has 14 heteroatoms. The zero-order chi connectivity index (χ0) is 31.5. The molecule has 10 nitrogen and oxygen atoms in total. The molecule has 0 aliphatic rings. The average molecular weight is 619 g/mol. The molecule has 0 fully saturated rings. The third-order valence-corrected chi connectivity index (χ3v) is 6.02. The van der Waals surface area contributed by atoms with Crippen LogP contribution in [0.4, 0.5) is 33.7 Å². The van der Waals surface area contributed by atoms with Gasteiger partial charge in [0.15, 0.2) is 11.5 Å². The number of rotatable bonds is 14. The van der Waals surface area contributed by atoms with Crippen molar-refractivity contribution in [3.63, 3.8) is 0 Å². The summed E-state index contributed by atoms with van der Waals surface area (Å²) in [5.74, 6) is 0.192. The van der Waals surface area contributed by atoms with Gasteiger partial charge in [-0.15, -0.1) is 0 Å². The molecular formula is C30H30F4N4O6. The van der Waals surface area contributed by atoms with E-state index in [0.29, 0.717) is 85.2 Å². The molecule has 1 aromatic heterocycles. The maximum absolute atomic E-state index is 13.5. The van der Waals surface area contributed by atoms with Gasteiger partial charge in [-0.1, -0.05) is 0 Å². The standard InChI is InChI=1S/C30H30F4N4O6/c1-40-11-3-13-42-26-16-22-25(17-27(26)43-14-4-12-41-2)35-18-36-28(22)44-21-8-5-19(6-9-21)37-29(39)38-20-7-10-24(31)23(15-20)30(32,33)34/h5-10,15-18H,3-4,11-14H2,1-2H3,(H2,37,38,39). The first-order valence-electron chi connectivity index (χ1n) is 13.4. The highest BCUT2D eigenvalue weighted by atomic mass is 19.4. The number of anilines is 2. The summed E-state index contributed by atoms with van der Waals surface area (Å²) < 4.78 is 80.5. The van der Waals surface area contributed by atoms with E-state index in [0.717, 1.165) is 6.07 Å². The number of amides is 2. The van der Waals surface area contributed by atoms with E-state index in [4.69, 9.17) is 23.7 Å². The number of benzene rings is 3. The van der Waals surface area contributed by atoms with Gasteiger partial charge >= 0.3 is 12.2 Å². The van der Waals surface area contributed by atoms with Crippen molar-refractivity contribution in [3.05, 3.63) is 72.3 Å². The number of carbonyl (C=O) groups excluding carboxylic acids is 1. The van der Waals surface area contributed by atoms with Gasteiger partial charge in [-0.25, -0.2) is 19.2 Å². The molecule has 1 heterocycles. The first-order chi connectivity index (χ1) is 21.2. The Bertz CT molecular complexity index is 1550. The minimum absolute atomic E-state index is 0.225. The summed E-state index contributed by atoms with van der Waals surface area (Å²) >= 11 is 0. The Kier molecular flexibility index (Phi) is 11.1. The maximum atomic E-state index is 13.5. The Morgan fingerprint density at radius 1 is 0.795 bits per heavy atom. The number of halogens is 4. The van der Waals surface area contributed by atoms with Crippen molar-refractivity contribution in [3.8, 4) is 23.1 Å². The number of hydrogen-bond donors (Lipinski definition) is 2. The van der Waals surface area contributed by atoms with Crippen LogP contribution in [0.1, 0.15) is 18.4 Å². The average Bonchev–Trinajstić information content (AvgIpc) is 2.99. The largest absolute Gasteiger partial charge is 0.490 e. The lowest BCUT2D eigenvalue weighted by molar-refractivity contribution is -0.139. The molecule has 0 aliphatic heterocycles. The molecule has 0 atom stereocenters. The summed E-state index contributed by atoms with van der Waals surface area (Å²) in [4.78, 5) is 20.9. The van der Waals surface area contributed by atoms with E-state index in [-0.39, 0.29) is 11.6 Å². The number of ether oxygens (including phenoxy) is 5. The van der Waals surface area contributed by atoms with Gasteiger partial charge in [-0.05, 0) is 48.5 Å². The Morgan fingerprint density at radius 2 is 1.41 bits per heavy atom. The van der Waals surface area contributed by atoms with Gasteiger partial charge in [-0.2, -0.15) is 13.2 Å². The molecule has 0 unspecified atom stereocenters. The quantitative estimate of drug-likeness (QED) is 0.114. The van der Waals surface area contributed by atoms with Gasteiger partial charge in [0.25, 0.3) is 0 Å². The monoisotopic (exact) mass is 618 g/mol. The van der Waals surface area contributed by atoms with E-state index >= 15 is 0 Å². The molecule has 0 radical (unpaired) electrons. The van der Waals surface area contributed by atoms with Crippen molar-refractivity contribution in [2.24, 2.45) is 0 Å². The van der Waals surface area contributed by atoms with Crippen LogP contribution in [0.3, 0.4) is 0 Å². The van der Waals surface area contributed by atoms with Gasteiger partial charge in [0.05, 0.1) is 29.7 Å². The predicted molar refractivity (Wildman–Crippen MR) is 154 cm³/mol. The number of aromatic nitrogens is 2. The van der Waals surface area contributed by atoms with Crippen LogP contribution < -0.4 is 24.8 Å². The molecule has 2 N–H and O–H groups in total. The van der Waals surface area contributed by atoms with E-state index in [1.165, 1.54) is 18.5 Å². The second-order valence-corrected chi connectivity index (χ2v) is 9.28. The van der Waals surface area contributed by atoms with Gasteiger partial charge in [-0.3, -0.25) is 0 Å². The zero-order valence-corrected chi connectivity index (χ0v) is 23.9. The van der Waals surface area contributed by atoms with Crippen LogP contribution in [0.2, 0.25) is 0 Å². The molecule has 3 aromatic carbocycles. The Hall–Kier alpha value is -4.69. The number of alkyl halides is 3. The van der Waals surface area contributed by atoms with Crippen LogP contribution >= 0.6 is 0 Å². The van der Waals surface area contributed by atoms with Crippen molar-refractivity contribution >= 4 is 28.3 Å². The highest BCUT2D eigenvalue weighted by Gasteiger charge is 2.34. The van der Waals surface area contributed by atoms with Crippen LogP contribution in [0, 0.1) is 5.82 Å². The number of urea groups is 1. The number of methoxy groups -OCH3 is 2. The fraction of sp³-hybridized carbons (Fsp3) is 0.300. The van der Waals surface area contributed by atoms with Crippen LogP contribution in [0.5, 0.6) is 23.1 Å². The third kappa shape index (κ3) is 8.91. The molecule has 0 bridgehead atoms. The van der Waals surface area contributed by atoms with E-state index in [1.54, 1.807) is 38.5 Å². The SMILES string of the molecule is COCCCOc1cc2ncnc(Oc3ccc(NC(=O)Nc4ccc(F)c(C(F)(F)F)c4)cc3)c2cc1OCCCOC. The first-order valence-corrected chi connectivity index (χ1v) is 13.4. The molecule has 0 spiro atoms. The summed E-state index contributed by atoms with van der Waals surface area (Å²) in [5, 5.41) is 5.32. The van der Waals surface area contributed by atoms with E-state index in [2.05, 4.69) is 20.6 Å². The van der Waals surface area contributed by atoms with Crippen LogP contribution in [-0.4, -0.2) is 56.6 Å². The minimum Gasteiger partial charge on any atom is -0.490 e. The highest BCUT2D eigenvalue weighted by Crippen LogP contribution is 2.37. The van der Waals surface area contributed by atoms with Gasteiger partial charge in [0, 0.05) is 57.7 Å². The molecule has 0 saturated carbocycles. The lowest BCUT2D eigenvalue weighted by atomic mass is 10.2. The Labute approximate surface area is 250 Å². The molecule has 2 amide bonds. The van der Waals surface area contributed by atoms with Crippen molar-refractivity contribution in [2.45, 2.75) is 19.0 Å². The van der Waals surface area contributed by atoms with E-state index in [9.17, 15) is 22.4 Å². The van der Waals surface area contributed by atoms with Crippen molar-refractivity contribution in [2.75, 3.05) is 51.3 Å². The Balaban J connectivity index is 1.46. The lowest BCUT2D eigenvalue weighted by Gasteiger charge is -2.15. The molecule has 4 rings (SSSR count). The molecule has 234 valence electrons. The third-order valence-electron chi connectivity index (χ3n) is 6.02. The smallest absolute Gasteiger partial charge is 0.419 e. The van der Waals surface area contributed by atoms with Crippen molar-refractivity contribution in [1.82, 2.24) is 9.97 Å². The maximum Gasteiger partial charge on any atom is 0.419 e. The predicted octanol–water partition coefficient (Wildman–Crippen LogP) is 7.05. The van der Waals surface area contributed by atoms with Gasteiger partial charge in [0.1, 0.15) is 17.9 Å². The number of nitrogens with zero attached hydrogens (tertiary/aromatic N) is 2. The number of carbonyl (C=O) groups is 1. The summed E-state index contributed by atoms with van der Waals surface area (Å²) in [6.45, 7) is 1.89. The molecule has 4 aromatic rings. The lowest BCUT2D eigenvalue weighted by Crippen LogP contribution is -2.20. The zero-order valence-electron chi connectivity index (χ0n) is 23.9. The summed E-state index contributed by atoms with van der Waals surface area (Å²) in [6, 6.07) is 11.0. The molecule has 44 heavy (non-hydrogen) atoms. The molecular weight excluding hydrogens is 588 g/mol. The number of hydrogen-bond acceptors (Lipinski definition) is 8. The number of nitrogens with one attached hydrogen (secondary N) is 2. The summed E-state index contributed by atoms with van der Waals surface area (Å²) in [7, 11) is 3.23. The van der Waals surface area contributed by atoms with E-state index in [1.807, 2.05) is 0 Å². The van der Waals surface area contributed by atoms with Crippen molar-refractivity contribution < 1.29 is 46.0 Å². The van der Waals surface area contributed by atoms with Crippen LogP contribution in [0.15, 0.2) is 60.9 Å². The first kappa shape index (κ1) is 32.2. The highest BCUT2D eigenvalue weighted by molar-refractivity contribution is 5.99. The van der Waals surface area contributed by atoms with E-state index < -0.39 is 23.6 Å². The number of fused-ring (bicyclic) bond motifs is 1.